The fraction of sp³-hybridized carbons (Fsp3) is 0.250. The molecule has 4 rings (SSSR count). The summed E-state index contributed by atoms with van der Waals surface area (Å²) in [5.74, 6) is -2.49. The van der Waals surface area contributed by atoms with Gasteiger partial charge >= 0.3 is 0 Å². The summed E-state index contributed by atoms with van der Waals surface area (Å²) in [6, 6.07) is 13.6. The summed E-state index contributed by atoms with van der Waals surface area (Å²) in [6.07, 6.45) is -1.63. The lowest BCUT2D eigenvalue weighted by atomic mass is 9.73. The molecule has 1 saturated heterocycles. The zero-order chi connectivity index (χ0) is 19.3. The van der Waals surface area contributed by atoms with Crippen LogP contribution in [0, 0.1) is 5.92 Å². The number of rotatable bonds is 3. The van der Waals surface area contributed by atoms with E-state index in [0.29, 0.717) is 22.6 Å². The number of amides is 2. The lowest BCUT2D eigenvalue weighted by molar-refractivity contribution is -0.139. The Kier molecular flexibility index (Phi) is 3.78. The molecule has 1 fully saturated rings. The summed E-state index contributed by atoms with van der Waals surface area (Å²) in [5.41, 5.74) is -0.201. The van der Waals surface area contributed by atoms with E-state index in [1.54, 1.807) is 48.5 Å². The first-order valence-corrected chi connectivity index (χ1v) is 8.48. The van der Waals surface area contributed by atoms with Crippen LogP contribution in [-0.2, 0) is 15.1 Å². The number of hydrogen-bond acceptors (Lipinski definition) is 6. The zero-order valence-corrected chi connectivity index (χ0v) is 14.8. The van der Waals surface area contributed by atoms with Gasteiger partial charge in [-0.05, 0) is 29.8 Å². The quantitative estimate of drug-likeness (QED) is 0.792. The fourth-order valence-electron chi connectivity index (χ4n) is 3.96. The molecule has 0 aromatic heterocycles. The van der Waals surface area contributed by atoms with Gasteiger partial charge in [0.1, 0.15) is 23.3 Å². The predicted octanol–water partition coefficient (Wildman–Crippen LogP) is 1.17. The van der Waals surface area contributed by atoms with Crippen molar-refractivity contribution in [2.24, 2.45) is 5.92 Å². The molecule has 2 N–H and O–H groups in total. The molecule has 0 spiro atoms. The van der Waals surface area contributed by atoms with Crippen LogP contribution in [0.25, 0.3) is 0 Å². The van der Waals surface area contributed by atoms with E-state index >= 15 is 0 Å². The standard InChI is InChI=1S/C20H18N2O5/c1-22-18(25)15(16(23)19(22)26)20(11-6-5-7-12(10-11)27-2)17(24)13-8-3-4-9-14(13)21-20/h3-10,15-16,21,23H,1-2H3/t15?,16-,20?/m1/s1. The van der Waals surface area contributed by atoms with Gasteiger partial charge in [0.05, 0.1) is 7.11 Å². The van der Waals surface area contributed by atoms with E-state index in [2.05, 4.69) is 5.32 Å². The summed E-state index contributed by atoms with van der Waals surface area (Å²) in [7, 11) is 2.80. The van der Waals surface area contributed by atoms with Gasteiger partial charge in [0.25, 0.3) is 5.91 Å². The molecule has 27 heavy (non-hydrogen) atoms. The van der Waals surface area contributed by atoms with Crippen LogP contribution in [0.5, 0.6) is 5.75 Å². The largest absolute Gasteiger partial charge is 0.497 e. The molecule has 0 aliphatic carbocycles. The number of likely N-dealkylation sites (N-methyl/N-ethyl adjacent to an activating group) is 1. The van der Waals surface area contributed by atoms with E-state index in [-0.39, 0.29) is 5.78 Å². The van der Waals surface area contributed by atoms with Gasteiger partial charge in [0, 0.05) is 18.3 Å². The average molecular weight is 366 g/mol. The van der Waals surface area contributed by atoms with Crippen molar-refractivity contribution < 1.29 is 24.2 Å². The van der Waals surface area contributed by atoms with E-state index < -0.39 is 29.4 Å². The van der Waals surface area contributed by atoms with Crippen LogP contribution in [0.2, 0.25) is 0 Å². The predicted molar refractivity (Wildman–Crippen MR) is 96.3 cm³/mol. The molecule has 7 heteroatoms. The van der Waals surface area contributed by atoms with E-state index in [1.807, 2.05) is 0 Å². The highest BCUT2D eigenvalue weighted by Gasteiger charge is 2.63. The summed E-state index contributed by atoms with van der Waals surface area (Å²) >= 11 is 0. The van der Waals surface area contributed by atoms with Gasteiger partial charge in [0.2, 0.25) is 5.91 Å². The minimum atomic E-state index is -1.63. The molecule has 2 amide bonds. The normalized spacial score (nSPS) is 26.9. The lowest BCUT2D eigenvalue weighted by Gasteiger charge is -2.34. The minimum Gasteiger partial charge on any atom is -0.497 e. The molecule has 0 saturated carbocycles. The number of Topliss-reactive ketones (excluding diaryl/α,β-unsaturated/α-hetero) is 1. The van der Waals surface area contributed by atoms with E-state index in [9.17, 15) is 19.5 Å². The summed E-state index contributed by atoms with van der Waals surface area (Å²) < 4.78 is 5.27. The molecule has 3 atom stereocenters. The van der Waals surface area contributed by atoms with Crippen LogP contribution >= 0.6 is 0 Å². The topological polar surface area (TPSA) is 95.9 Å². The Balaban J connectivity index is 1.97. The second-order valence-electron chi connectivity index (χ2n) is 6.70. The second kappa shape index (κ2) is 5.92. The number of ether oxygens (including phenoxy) is 1. The van der Waals surface area contributed by atoms with E-state index in [0.717, 1.165) is 4.90 Å². The number of carbonyl (C=O) groups is 3. The van der Waals surface area contributed by atoms with Crippen molar-refractivity contribution in [3.8, 4) is 5.75 Å². The summed E-state index contributed by atoms with van der Waals surface area (Å²) in [4.78, 5) is 39.5. The van der Waals surface area contributed by atoms with Gasteiger partial charge in [-0.2, -0.15) is 0 Å². The van der Waals surface area contributed by atoms with E-state index in [1.165, 1.54) is 14.2 Å². The van der Waals surface area contributed by atoms with Crippen LogP contribution in [0.3, 0.4) is 0 Å². The number of fused-ring (bicyclic) bond motifs is 1. The van der Waals surface area contributed by atoms with Crippen molar-refractivity contribution >= 4 is 23.3 Å². The van der Waals surface area contributed by atoms with Gasteiger partial charge < -0.3 is 15.2 Å². The Morgan fingerprint density at radius 3 is 2.44 bits per heavy atom. The number of nitrogens with one attached hydrogen (secondary N) is 1. The Hall–Kier alpha value is -3.19. The monoisotopic (exact) mass is 366 g/mol. The molecule has 2 aliphatic heterocycles. The molecular weight excluding hydrogens is 348 g/mol. The maximum Gasteiger partial charge on any atom is 0.258 e. The number of para-hydroxylation sites is 1. The number of aliphatic hydroxyl groups is 1. The highest BCUT2D eigenvalue weighted by Crippen LogP contribution is 2.48. The second-order valence-corrected chi connectivity index (χ2v) is 6.70. The number of benzene rings is 2. The minimum absolute atomic E-state index is 0.369. The number of likely N-dealkylation sites (tertiary alicyclic amines) is 1. The number of imide groups is 1. The third-order valence-electron chi connectivity index (χ3n) is 5.35. The van der Waals surface area contributed by atoms with Crippen molar-refractivity contribution in [3.05, 3.63) is 59.7 Å². The van der Waals surface area contributed by atoms with E-state index in [4.69, 9.17) is 4.74 Å². The zero-order valence-electron chi connectivity index (χ0n) is 14.8. The van der Waals surface area contributed by atoms with Gasteiger partial charge in [0.15, 0.2) is 5.78 Å². The number of aliphatic hydroxyl groups excluding tert-OH is 1. The Morgan fingerprint density at radius 2 is 1.81 bits per heavy atom. The highest BCUT2D eigenvalue weighted by molar-refractivity contribution is 6.19. The first-order chi connectivity index (χ1) is 12.9. The molecule has 0 radical (unpaired) electrons. The summed E-state index contributed by atoms with van der Waals surface area (Å²) in [6.45, 7) is 0. The molecule has 2 heterocycles. The first-order valence-electron chi connectivity index (χ1n) is 8.48. The van der Waals surface area contributed by atoms with Crippen LogP contribution in [-0.4, -0.2) is 47.9 Å². The molecular formula is C20H18N2O5. The van der Waals surface area contributed by atoms with Crippen LogP contribution in [0.4, 0.5) is 5.69 Å². The van der Waals surface area contributed by atoms with Crippen LogP contribution in [0.15, 0.2) is 48.5 Å². The Labute approximate surface area is 155 Å². The smallest absolute Gasteiger partial charge is 0.258 e. The van der Waals surface area contributed by atoms with Gasteiger partial charge in [-0.3, -0.25) is 19.3 Å². The molecule has 2 aliphatic rings. The molecule has 2 aromatic rings. The third kappa shape index (κ3) is 2.21. The van der Waals surface area contributed by atoms with Crippen LogP contribution in [0.1, 0.15) is 15.9 Å². The number of hydrogen-bond donors (Lipinski definition) is 2. The third-order valence-corrected chi connectivity index (χ3v) is 5.35. The lowest BCUT2D eigenvalue weighted by Crippen LogP contribution is -2.52. The number of methoxy groups -OCH3 is 1. The van der Waals surface area contributed by atoms with Crippen molar-refractivity contribution in [2.75, 3.05) is 19.5 Å². The highest BCUT2D eigenvalue weighted by atomic mass is 16.5. The maximum atomic E-state index is 13.5. The fourth-order valence-corrected chi connectivity index (χ4v) is 3.96. The number of anilines is 1. The SMILES string of the molecule is COc1cccc(C2(C3C(=O)N(C)C(=O)[C@@H]3O)Nc3ccccc3C2=O)c1. The molecule has 138 valence electrons. The molecule has 2 aromatic carbocycles. The van der Waals surface area contributed by atoms with Crippen molar-refractivity contribution in [3.63, 3.8) is 0 Å². The average Bonchev–Trinajstić information content (AvgIpc) is 3.09. The van der Waals surface area contributed by atoms with Gasteiger partial charge in [-0.25, -0.2) is 0 Å². The maximum absolute atomic E-state index is 13.5. The van der Waals surface area contributed by atoms with Crippen molar-refractivity contribution in [1.82, 2.24) is 4.90 Å². The molecule has 2 unspecified atom stereocenters. The Bertz CT molecular complexity index is 972. The molecule has 7 nitrogen and oxygen atoms in total. The van der Waals surface area contributed by atoms with Crippen LogP contribution < -0.4 is 10.1 Å². The van der Waals surface area contributed by atoms with Gasteiger partial charge in [-0.1, -0.05) is 24.3 Å². The Morgan fingerprint density at radius 1 is 1.07 bits per heavy atom. The van der Waals surface area contributed by atoms with Gasteiger partial charge in [-0.15, -0.1) is 0 Å². The summed E-state index contributed by atoms with van der Waals surface area (Å²) in [5, 5.41) is 13.7. The molecule has 0 bridgehead atoms. The number of carbonyl (C=O) groups excluding carboxylic acids is 3. The first kappa shape index (κ1) is 17.2. The van der Waals surface area contributed by atoms with Crippen molar-refractivity contribution in [2.45, 2.75) is 11.6 Å². The number of nitrogens with zero attached hydrogens (tertiary/aromatic N) is 1. The van der Waals surface area contributed by atoms with Crippen molar-refractivity contribution in [1.29, 1.82) is 0 Å². The number of ketones is 1.